The maximum Gasteiger partial charge on any atom is 0.287 e. The highest BCUT2D eigenvalue weighted by molar-refractivity contribution is 5.59. The van der Waals surface area contributed by atoms with E-state index in [1.54, 1.807) is 6.07 Å². The number of nitro benzene ring substituents is 1. The minimum absolute atomic E-state index is 0.0152. The first kappa shape index (κ1) is 14.3. The Morgan fingerprint density at radius 3 is 2.52 bits per heavy atom. The second-order valence-corrected chi connectivity index (χ2v) is 4.63. The van der Waals surface area contributed by atoms with Gasteiger partial charge in [-0.15, -0.1) is 0 Å². The largest absolute Gasteiger partial charge is 0.399 e. The third-order valence-corrected chi connectivity index (χ3v) is 3.13. The number of benzene rings is 2. The van der Waals surface area contributed by atoms with Crippen molar-refractivity contribution in [2.75, 3.05) is 11.1 Å². The lowest BCUT2D eigenvalue weighted by molar-refractivity contribution is -0.385. The second-order valence-electron chi connectivity index (χ2n) is 4.63. The molecular formula is C15H14N4O2. The van der Waals surface area contributed by atoms with Crippen LogP contribution in [0.15, 0.2) is 42.5 Å². The Bertz CT molecular complexity index is 705. The van der Waals surface area contributed by atoms with E-state index in [0.29, 0.717) is 11.4 Å². The van der Waals surface area contributed by atoms with Gasteiger partial charge in [0.25, 0.3) is 5.69 Å². The van der Waals surface area contributed by atoms with Gasteiger partial charge in [0.15, 0.2) is 0 Å². The molecule has 0 fully saturated rings. The van der Waals surface area contributed by atoms with Gasteiger partial charge in [-0.3, -0.25) is 10.1 Å². The fourth-order valence-electron chi connectivity index (χ4n) is 1.99. The molecule has 0 saturated carbocycles. The molecule has 0 saturated heterocycles. The molecule has 0 spiro atoms. The van der Waals surface area contributed by atoms with Crippen LogP contribution in [0.2, 0.25) is 0 Å². The van der Waals surface area contributed by atoms with Gasteiger partial charge < -0.3 is 11.1 Å². The van der Waals surface area contributed by atoms with Crippen LogP contribution in [0.5, 0.6) is 0 Å². The van der Waals surface area contributed by atoms with E-state index in [-0.39, 0.29) is 17.3 Å². The number of nitrogens with zero attached hydrogens (tertiary/aromatic N) is 2. The first-order chi connectivity index (χ1) is 10.0. The fourth-order valence-corrected chi connectivity index (χ4v) is 1.99. The van der Waals surface area contributed by atoms with Gasteiger partial charge in [-0.1, -0.05) is 12.1 Å². The van der Waals surface area contributed by atoms with E-state index in [4.69, 9.17) is 11.0 Å². The van der Waals surface area contributed by atoms with Crippen molar-refractivity contribution in [3.63, 3.8) is 0 Å². The first-order valence-electron chi connectivity index (χ1n) is 6.32. The molecular weight excluding hydrogens is 268 g/mol. The zero-order chi connectivity index (χ0) is 15.4. The Morgan fingerprint density at radius 1 is 1.29 bits per heavy atom. The van der Waals surface area contributed by atoms with E-state index in [0.717, 1.165) is 5.56 Å². The van der Waals surface area contributed by atoms with E-state index >= 15 is 0 Å². The molecule has 0 aromatic heterocycles. The summed E-state index contributed by atoms with van der Waals surface area (Å²) < 4.78 is 0. The average molecular weight is 282 g/mol. The van der Waals surface area contributed by atoms with Crippen molar-refractivity contribution in [2.24, 2.45) is 0 Å². The van der Waals surface area contributed by atoms with Gasteiger partial charge in [0.2, 0.25) is 0 Å². The van der Waals surface area contributed by atoms with Gasteiger partial charge in [0, 0.05) is 23.5 Å². The van der Waals surface area contributed by atoms with Gasteiger partial charge >= 0.3 is 0 Å². The number of nitrogen functional groups attached to an aromatic ring is 1. The molecule has 0 aliphatic carbocycles. The van der Waals surface area contributed by atoms with Crippen molar-refractivity contribution in [2.45, 2.75) is 13.0 Å². The minimum atomic E-state index is -0.564. The number of rotatable bonds is 4. The van der Waals surface area contributed by atoms with Crippen LogP contribution in [0.4, 0.5) is 17.1 Å². The second kappa shape index (κ2) is 5.92. The van der Waals surface area contributed by atoms with Gasteiger partial charge in [0.05, 0.1) is 4.92 Å². The van der Waals surface area contributed by atoms with Crippen LogP contribution in [0.3, 0.4) is 0 Å². The lowest BCUT2D eigenvalue weighted by atomic mass is 10.1. The summed E-state index contributed by atoms with van der Waals surface area (Å²) in [5, 5.41) is 23.0. The van der Waals surface area contributed by atoms with Crippen LogP contribution in [-0.4, -0.2) is 4.92 Å². The number of nitrogens with one attached hydrogen (secondary N) is 1. The van der Waals surface area contributed by atoms with E-state index in [9.17, 15) is 10.1 Å². The lowest BCUT2D eigenvalue weighted by Gasteiger charge is -2.16. The smallest absolute Gasteiger partial charge is 0.287 e. The Kier molecular flexibility index (Phi) is 4.05. The first-order valence-corrected chi connectivity index (χ1v) is 6.32. The molecule has 0 bridgehead atoms. The van der Waals surface area contributed by atoms with E-state index in [2.05, 4.69) is 5.32 Å². The summed E-state index contributed by atoms with van der Waals surface area (Å²) in [5.74, 6) is 0. The maximum atomic E-state index is 10.8. The summed E-state index contributed by atoms with van der Waals surface area (Å²) in [5.41, 5.74) is 7.86. The molecule has 0 radical (unpaired) electrons. The van der Waals surface area contributed by atoms with Crippen LogP contribution >= 0.6 is 0 Å². The number of nitrogens with two attached hydrogens (primary N) is 1. The number of hydrogen-bond acceptors (Lipinski definition) is 5. The van der Waals surface area contributed by atoms with E-state index < -0.39 is 4.92 Å². The fraction of sp³-hybridized carbons (Fsp3) is 0.133. The quantitative estimate of drug-likeness (QED) is 0.509. The van der Waals surface area contributed by atoms with Crippen molar-refractivity contribution in [1.82, 2.24) is 0 Å². The van der Waals surface area contributed by atoms with Crippen LogP contribution in [0.1, 0.15) is 24.1 Å². The molecule has 6 nitrogen and oxygen atoms in total. The summed E-state index contributed by atoms with van der Waals surface area (Å²) in [6.07, 6.45) is 0. The van der Waals surface area contributed by atoms with Crippen molar-refractivity contribution in [3.05, 3.63) is 63.7 Å². The number of anilines is 2. The van der Waals surface area contributed by atoms with Gasteiger partial charge in [-0.05, 0) is 36.8 Å². The molecule has 2 aromatic carbocycles. The van der Waals surface area contributed by atoms with Gasteiger partial charge in [-0.25, -0.2) is 0 Å². The monoisotopic (exact) mass is 282 g/mol. The molecule has 0 amide bonds. The molecule has 3 N–H and O–H groups in total. The summed E-state index contributed by atoms with van der Waals surface area (Å²) in [6, 6.07) is 13.7. The number of nitro groups is 1. The van der Waals surface area contributed by atoms with Crippen molar-refractivity contribution in [3.8, 4) is 6.07 Å². The minimum Gasteiger partial charge on any atom is -0.399 e. The summed E-state index contributed by atoms with van der Waals surface area (Å²) >= 11 is 0. The molecule has 1 atom stereocenters. The van der Waals surface area contributed by atoms with Gasteiger partial charge in [-0.2, -0.15) is 5.26 Å². The SMILES string of the molecule is CC(Nc1ccc([N+](=O)[O-])c(C#N)c1)c1ccc(N)cc1. The normalized spacial score (nSPS) is 11.4. The molecule has 106 valence electrons. The van der Waals surface area contributed by atoms with Crippen molar-refractivity contribution >= 4 is 17.1 Å². The topological polar surface area (TPSA) is 105 Å². The maximum absolute atomic E-state index is 10.8. The molecule has 2 rings (SSSR count). The molecule has 0 heterocycles. The number of nitriles is 1. The molecule has 21 heavy (non-hydrogen) atoms. The molecule has 2 aromatic rings. The van der Waals surface area contributed by atoms with Crippen molar-refractivity contribution in [1.29, 1.82) is 5.26 Å². The Hall–Kier alpha value is -3.07. The summed E-state index contributed by atoms with van der Waals surface area (Å²) in [6.45, 7) is 1.96. The molecule has 0 aliphatic rings. The van der Waals surface area contributed by atoms with Crippen LogP contribution in [0.25, 0.3) is 0 Å². The molecule has 6 heteroatoms. The third kappa shape index (κ3) is 3.28. The Labute approximate surface area is 122 Å². The van der Waals surface area contributed by atoms with Crippen LogP contribution in [-0.2, 0) is 0 Å². The van der Waals surface area contributed by atoms with E-state index in [1.807, 2.05) is 37.3 Å². The number of hydrogen-bond donors (Lipinski definition) is 2. The highest BCUT2D eigenvalue weighted by Gasteiger charge is 2.14. The average Bonchev–Trinajstić information content (AvgIpc) is 2.47. The highest BCUT2D eigenvalue weighted by Crippen LogP contribution is 2.25. The predicted molar refractivity (Wildman–Crippen MR) is 80.7 cm³/mol. The molecule has 0 aliphatic heterocycles. The zero-order valence-corrected chi connectivity index (χ0v) is 11.4. The molecule has 1 unspecified atom stereocenters. The lowest BCUT2D eigenvalue weighted by Crippen LogP contribution is -2.07. The van der Waals surface area contributed by atoms with Crippen LogP contribution < -0.4 is 11.1 Å². The Balaban J connectivity index is 2.22. The third-order valence-electron chi connectivity index (χ3n) is 3.13. The summed E-state index contributed by atoms with van der Waals surface area (Å²) in [4.78, 5) is 10.2. The highest BCUT2D eigenvalue weighted by atomic mass is 16.6. The van der Waals surface area contributed by atoms with Gasteiger partial charge in [0.1, 0.15) is 11.6 Å². The predicted octanol–water partition coefficient (Wildman–Crippen LogP) is 3.22. The standard InChI is InChI=1S/C15H14N4O2/c1-10(11-2-4-13(17)5-3-11)18-14-6-7-15(19(20)21)12(8-14)9-16/h2-8,10,18H,17H2,1H3. The van der Waals surface area contributed by atoms with Crippen molar-refractivity contribution < 1.29 is 4.92 Å². The van der Waals surface area contributed by atoms with E-state index in [1.165, 1.54) is 12.1 Å². The zero-order valence-electron chi connectivity index (χ0n) is 11.4. The van der Waals surface area contributed by atoms with Crippen LogP contribution in [0, 0.1) is 21.4 Å². The summed E-state index contributed by atoms with van der Waals surface area (Å²) in [7, 11) is 0. The Morgan fingerprint density at radius 2 is 1.95 bits per heavy atom.